The number of carboxylic acid groups (broad SMARTS) is 1. The Kier molecular flexibility index (Phi) is 2.27. The van der Waals surface area contributed by atoms with Gasteiger partial charge in [0.1, 0.15) is 5.69 Å². The summed E-state index contributed by atoms with van der Waals surface area (Å²) < 4.78 is 4.95. The molecule has 0 radical (unpaired) electrons. The highest BCUT2D eigenvalue weighted by Gasteiger charge is 2.16. The van der Waals surface area contributed by atoms with Crippen LogP contribution < -0.4 is 0 Å². The van der Waals surface area contributed by atoms with Gasteiger partial charge in [0.25, 0.3) is 0 Å². The molecule has 0 amide bonds. The van der Waals surface area contributed by atoms with Crippen molar-refractivity contribution in [1.82, 2.24) is 4.57 Å². The molecule has 5 heteroatoms. The molecule has 1 N–H and O–H groups in total. The molecule has 0 saturated carbocycles. The molecule has 2 heterocycles. The predicted octanol–water partition coefficient (Wildman–Crippen LogP) is 3.85. The van der Waals surface area contributed by atoms with Gasteiger partial charge in [-0.2, -0.15) is 0 Å². The maximum absolute atomic E-state index is 11.1. The van der Waals surface area contributed by atoms with Crippen LogP contribution in [0.2, 0.25) is 0 Å². The number of halogens is 1. The van der Waals surface area contributed by atoms with Gasteiger partial charge in [0.2, 0.25) is 0 Å². The average Bonchev–Trinajstić information content (AvgIpc) is 2.75. The van der Waals surface area contributed by atoms with E-state index in [1.54, 1.807) is 29.0 Å². The van der Waals surface area contributed by atoms with Gasteiger partial charge < -0.3 is 9.67 Å². The van der Waals surface area contributed by atoms with Crippen molar-refractivity contribution in [2.75, 3.05) is 0 Å². The molecule has 0 aliphatic heterocycles. The molecule has 3 aromatic rings. The van der Waals surface area contributed by atoms with Crippen LogP contribution in [0.3, 0.4) is 0 Å². The third kappa shape index (κ3) is 1.50. The van der Waals surface area contributed by atoms with Crippen LogP contribution >= 0.6 is 27.3 Å². The minimum Gasteiger partial charge on any atom is -0.477 e. The first-order valence-corrected chi connectivity index (χ1v) is 6.59. The fourth-order valence-corrected chi connectivity index (χ4v) is 3.79. The van der Waals surface area contributed by atoms with Crippen molar-refractivity contribution in [3.8, 4) is 0 Å². The van der Waals surface area contributed by atoms with E-state index < -0.39 is 5.97 Å². The van der Waals surface area contributed by atoms with Crippen molar-refractivity contribution in [3.63, 3.8) is 0 Å². The Morgan fingerprint density at radius 3 is 2.82 bits per heavy atom. The lowest BCUT2D eigenvalue weighted by Gasteiger charge is -1.99. The van der Waals surface area contributed by atoms with Crippen LogP contribution in [-0.4, -0.2) is 15.6 Å². The summed E-state index contributed by atoms with van der Waals surface area (Å²) in [5.74, 6) is -0.888. The number of nitrogens with zero attached hydrogens (tertiary/aromatic N) is 1. The van der Waals surface area contributed by atoms with E-state index >= 15 is 0 Å². The zero-order chi connectivity index (χ0) is 12.2. The molecule has 0 bridgehead atoms. The Labute approximate surface area is 109 Å². The summed E-state index contributed by atoms with van der Waals surface area (Å²) in [4.78, 5) is 11.1. The minimum atomic E-state index is -0.888. The summed E-state index contributed by atoms with van der Waals surface area (Å²) >= 11 is 5.05. The molecular weight excluding hydrogens is 302 g/mol. The molecule has 0 saturated heterocycles. The van der Waals surface area contributed by atoms with Crippen molar-refractivity contribution >= 4 is 53.5 Å². The molecule has 0 spiro atoms. The molecule has 0 fully saturated rings. The standard InChI is InChI=1S/C12H8BrNO2S/c1-14-8(12(15)16)5-10-11(14)7-3-2-6(13)4-9(7)17-10/h2-5H,1H3,(H,15,16). The van der Waals surface area contributed by atoms with E-state index in [0.717, 1.165) is 24.8 Å². The first-order chi connectivity index (χ1) is 8.08. The molecule has 17 heavy (non-hydrogen) atoms. The van der Waals surface area contributed by atoms with Crippen molar-refractivity contribution < 1.29 is 9.90 Å². The van der Waals surface area contributed by atoms with Gasteiger partial charge in [-0.1, -0.05) is 22.0 Å². The number of benzene rings is 1. The number of aromatic nitrogens is 1. The fraction of sp³-hybridized carbons (Fsp3) is 0.0833. The predicted molar refractivity (Wildman–Crippen MR) is 73.0 cm³/mol. The van der Waals surface area contributed by atoms with E-state index in [4.69, 9.17) is 5.11 Å². The number of aryl methyl sites for hydroxylation is 1. The molecule has 3 rings (SSSR count). The summed E-state index contributed by atoms with van der Waals surface area (Å²) in [5, 5.41) is 10.2. The number of aromatic carboxylic acids is 1. The largest absolute Gasteiger partial charge is 0.477 e. The van der Waals surface area contributed by atoms with Gasteiger partial charge in [-0.05, 0) is 18.2 Å². The van der Waals surface area contributed by atoms with Crippen molar-refractivity contribution in [3.05, 3.63) is 34.4 Å². The van der Waals surface area contributed by atoms with Crippen LogP contribution in [0.5, 0.6) is 0 Å². The molecular formula is C12H8BrNO2S. The summed E-state index contributed by atoms with van der Waals surface area (Å²) in [7, 11) is 1.79. The Morgan fingerprint density at radius 1 is 1.35 bits per heavy atom. The molecule has 86 valence electrons. The lowest BCUT2D eigenvalue weighted by atomic mass is 10.2. The van der Waals surface area contributed by atoms with Gasteiger partial charge in [0.05, 0.1) is 10.2 Å². The molecule has 0 atom stereocenters. The fourth-order valence-electron chi connectivity index (χ4n) is 2.07. The maximum Gasteiger partial charge on any atom is 0.352 e. The van der Waals surface area contributed by atoms with Gasteiger partial charge in [-0.3, -0.25) is 0 Å². The Morgan fingerprint density at radius 2 is 2.12 bits per heavy atom. The zero-order valence-electron chi connectivity index (χ0n) is 8.90. The van der Waals surface area contributed by atoms with Gasteiger partial charge in [-0.15, -0.1) is 11.3 Å². The normalized spacial score (nSPS) is 11.4. The van der Waals surface area contributed by atoms with Crippen molar-refractivity contribution in [2.24, 2.45) is 7.05 Å². The maximum atomic E-state index is 11.1. The van der Waals surface area contributed by atoms with E-state index in [-0.39, 0.29) is 0 Å². The summed E-state index contributed by atoms with van der Waals surface area (Å²) in [6.45, 7) is 0. The van der Waals surface area contributed by atoms with Crippen LogP contribution in [0.15, 0.2) is 28.7 Å². The minimum absolute atomic E-state index is 0.330. The molecule has 1 aromatic carbocycles. The first kappa shape index (κ1) is 10.8. The second-order valence-electron chi connectivity index (χ2n) is 3.85. The number of carboxylic acids is 1. The van der Waals surface area contributed by atoms with E-state index in [2.05, 4.69) is 22.0 Å². The Balaban J connectivity index is 2.46. The van der Waals surface area contributed by atoms with Crippen LogP contribution in [0.25, 0.3) is 20.3 Å². The topological polar surface area (TPSA) is 42.2 Å². The molecule has 3 nitrogen and oxygen atoms in total. The highest BCUT2D eigenvalue weighted by molar-refractivity contribution is 9.10. The number of hydrogen-bond donors (Lipinski definition) is 1. The highest BCUT2D eigenvalue weighted by Crippen LogP contribution is 2.36. The number of hydrogen-bond acceptors (Lipinski definition) is 2. The number of carbonyl (C=O) groups is 1. The van der Waals surface area contributed by atoms with Crippen molar-refractivity contribution in [1.29, 1.82) is 0 Å². The van der Waals surface area contributed by atoms with Crippen molar-refractivity contribution in [2.45, 2.75) is 0 Å². The summed E-state index contributed by atoms with van der Waals surface area (Å²) in [6, 6.07) is 7.78. The number of thiophene rings is 1. The smallest absolute Gasteiger partial charge is 0.352 e. The van der Waals surface area contributed by atoms with Crippen LogP contribution in [0, 0.1) is 0 Å². The SMILES string of the molecule is Cn1c(C(=O)O)cc2sc3cc(Br)ccc3c21. The van der Waals surface area contributed by atoms with Gasteiger partial charge >= 0.3 is 5.97 Å². The zero-order valence-corrected chi connectivity index (χ0v) is 11.3. The van der Waals surface area contributed by atoms with Gasteiger partial charge in [0.15, 0.2) is 0 Å². The molecule has 0 unspecified atom stereocenters. The lowest BCUT2D eigenvalue weighted by molar-refractivity contribution is 0.0687. The lowest BCUT2D eigenvalue weighted by Crippen LogP contribution is -2.03. The average molecular weight is 310 g/mol. The number of fused-ring (bicyclic) bond motifs is 3. The third-order valence-electron chi connectivity index (χ3n) is 2.84. The quantitative estimate of drug-likeness (QED) is 0.742. The highest BCUT2D eigenvalue weighted by atomic mass is 79.9. The second-order valence-corrected chi connectivity index (χ2v) is 5.85. The Bertz CT molecular complexity index is 757. The monoisotopic (exact) mass is 309 g/mol. The molecule has 0 aliphatic carbocycles. The number of rotatable bonds is 1. The third-order valence-corrected chi connectivity index (χ3v) is 4.42. The van der Waals surface area contributed by atoms with Gasteiger partial charge in [0, 0.05) is 21.6 Å². The van der Waals surface area contributed by atoms with Gasteiger partial charge in [-0.25, -0.2) is 4.79 Å². The van der Waals surface area contributed by atoms with E-state index in [1.807, 2.05) is 12.1 Å². The van der Waals surface area contributed by atoms with Crippen LogP contribution in [0.1, 0.15) is 10.5 Å². The molecule has 0 aliphatic rings. The molecule has 2 aromatic heterocycles. The van der Waals surface area contributed by atoms with Crippen LogP contribution in [-0.2, 0) is 7.05 Å². The van der Waals surface area contributed by atoms with Crippen LogP contribution in [0.4, 0.5) is 0 Å². The second kappa shape index (κ2) is 3.58. The van der Waals surface area contributed by atoms with E-state index in [0.29, 0.717) is 5.69 Å². The first-order valence-electron chi connectivity index (χ1n) is 4.98. The summed E-state index contributed by atoms with van der Waals surface area (Å²) in [6.07, 6.45) is 0. The van der Waals surface area contributed by atoms with E-state index in [1.165, 1.54) is 0 Å². The Hall–Kier alpha value is -1.33. The summed E-state index contributed by atoms with van der Waals surface area (Å²) in [5.41, 5.74) is 1.32. The van der Waals surface area contributed by atoms with E-state index in [9.17, 15) is 4.79 Å².